The normalized spacial score (nSPS) is 30.4. The Morgan fingerprint density at radius 1 is 1.47 bits per heavy atom. The van der Waals surface area contributed by atoms with Crippen LogP contribution in [0.3, 0.4) is 0 Å². The maximum absolute atomic E-state index is 12.5. The van der Waals surface area contributed by atoms with Crippen LogP contribution in [0, 0.1) is 5.92 Å². The minimum absolute atomic E-state index is 0.00236. The van der Waals surface area contributed by atoms with Gasteiger partial charge in [0.1, 0.15) is 6.04 Å². The van der Waals surface area contributed by atoms with Crippen molar-refractivity contribution < 1.29 is 14.3 Å². The molecule has 0 saturated carbocycles. The Morgan fingerprint density at radius 2 is 2.26 bits per heavy atom. The molecule has 0 bridgehead atoms. The molecule has 1 fully saturated rings. The predicted molar refractivity (Wildman–Crippen MR) is 74.7 cm³/mol. The summed E-state index contributed by atoms with van der Waals surface area (Å²) in [5.41, 5.74) is 5.78. The van der Waals surface area contributed by atoms with Gasteiger partial charge in [-0.2, -0.15) is 11.8 Å². The largest absolute Gasteiger partial charge is 0.464 e. The summed E-state index contributed by atoms with van der Waals surface area (Å²) in [6, 6.07) is -0.495. The molecule has 6 heteroatoms. The molecule has 2 rings (SSSR count). The summed E-state index contributed by atoms with van der Waals surface area (Å²) in [5.74, 6) is 1.00. The average Bonchev–Trinajstić information content (AvgIpc) is 2.85. The number of thioether (sulfide) groups is 1. The van der Waals surface area contributed by atoms with Gasteiger partial charge in [-0.15, -0.1) is 0 Å². The van der Waals surface area contributed by atoms with Crippen molar-refractivity contribution in [2.24, 2.45) is 11.7 Å². The summed E-state index contributed by atoms with van der Waals surface area (Å²) in [6.45, 7) is 2.72. The van der Waals surface area contributed by atoms with E-state index >= 15 is 0 Å². The van der Waals surface area contributed by atoms with Gasteiger partial charge in [-0.1, -0.05) is 12.2 Å². The molecule has 1 saturated heterocycles. The zero-order chi connectivity index (χ0) is 13.8. The first-order valence-electron chi connectivity index (χ1n) is 6.62. The minimum atomic E-state index is -0.448. The summed E-state index contributed by atoms with van der Waals surface area (Å²) in [5, 5.41) is 0. The Kier molecular flexibility index (Phi) is 4.87. The molecule has 0 radical (unpaired) electrons. The van der Waals surface area contributed by atoms with Crippen LogP contribution in [0.2, 0.25) is 0 Å². The van der Waals surface area contributed by atoms with Crippen LogP contribution in [0.25, 0.3) is 0 Å². The fraction of sp³-hybridized carbons (Fsp3) is 0.692. The zero-order valence-electron chi connectivity index (χ0n) is 11.1. The lowest BCUT2D eigenvalue weighted by Gasteiger charge is -2.35. The van der Waals surface area contributed by atoms with Crippen LogP contribution in [0.1, 0.15) is 13.3 Å². The molecule has 3 unspecified atom stereocenters. The number of amides is 1. The maximum Gasteiger partial charge on any atom is 0.329 e. The Balaban J connectivity index is 2.04. The number of esters is 1. The van der Waals surface area contributed by atoms with Crippen LogP contribution in [0.4, 0.5) is 0 Å². The highest BCUT2D eigenvalue weighted by Crippen LogP contribution is 2.24. The quantitative estimate of drug-likeness (QED) is 0.600. The molecule has 106 valence electrons. The Labute approximate surface area is 117 Å². The van der Waals surface area contributed by atoms with Crippen molar-refractivity contribution in [1.82, 2.24) is 4.90 Å². The van der Waals surface area contributed by atoms with E-state index in [2.05, 4.69) is 0 Å². The van der Waals surface area contributed by atoms with Crippen LogP contribution in [0.5, 0.6) is 0 Å². The molecule has 0 aromatic rings. The van der Waals surface area contributed by atoms with E-state index in [1.54, 1.807) is 23.6 Å². The van der Waals surface area contributed by atoms with Gasteiger partial charge >= 0.3 is 5.97 Å². The summed E-state index contributed by atoms with van der Waals surface area (Å²) < 4.78 is 5.06. The Hall–Kier alpha value is -1.01. The fourth-order valence-corrected chi connectivity index (χ4v) is 3.46. The fourth-order valence-electron chi connectivity index (χ4n) is 2.42. The topological polar surface area (TPSA) is 72.6 Å². The number of hydrogen-bond acceptors (Lipinski definition) is 5. The second-order valence-corrected chi connectivity index (χ2v) is 5.92. The van der Waals surface area contributed by atoms with Crippen molar-refractivity contribution in [1.29, 1.82) is 0 Å². The second kappa shape index (κ2) is 6.43. The molecule has 2 aliphatic rings. The summed E-state index contributed by atoms with van der Waals surface area (Å²) >= 11 is 1.68. The lowest BCUT2D eigenvalue weighted by Crippen LogP contribution is -2.52. The lowest BCUT2D eigenvalue weighted by atomic mass is 10.1. The number of rotatable bonds is 3. The van der Waals surface area contributed by atoms with E-state index in [-0.39, 0.29) is 23.8 Å². The van der Waals surface area contributed by atoms with Gasteiger partial charge in [-0.25, -0.2) is 4.79 Å². The van der Waals surface area contributed by atoms with Gasteiger partial charge in [-0.05, 0) is 13.3 Å². The summed E-state index contributed by atoms with van der Waals surface area (Å²) in [6.07, 6.45) is 4.36. The van der Waals surface area contributed by atoms with Crippen LogP contribution in [-0.2, 0) is 14.3 Å². The molecule has 19 heavy (non-hydrogen) atoms. The Morgan fingerprint density at radius 3 is 2.89 bits per heavy atom. The number of nitrogens with zero attached hydrogens (tertiary/aromatic N) is 1. The molecule has 1 aliphatic carbocycles. The maximum atomic E-state index is 12.5. The van der Waals surface area contributed by atoms with E-state index in [4.69, 9.17) is 10.5 Å². The molecule has 3 atom stereocenters. The number of carbonyl (C=O) groups is 2. The van der Waals surface area contributed by atoms with Gasteiger partial charge in [0.15, 0.2) is 0 Å². The average molecular weight is 284 g/mol. The van der Waals surface area contributed by atoms with E-state index in [1.807, 2.05) is 12.2 Å². The van der Waals surface area contributed by atoms with Crippen molar-refractivity contribution in [2.45, 2.75) is 25.4 Å². The minimum Gasteiger partial charge on any atom is -0.464 e. The summed E-state index contributed by atoms with van der Waals surface area (Å²) in [7, 11) is 0. The predicted octanol–water partition coefficient (Wildman–Crippen LogP) is 0.397. The molecular formula is C13H20N2O3S. The van der Waals surface area contributed by atoms with Crippen LogP contribution >= 0.6 is 11.8 Å². The van der Waals surface area contributed by atoms with Gasteiger partial charge < -0.3 is 15.4 Å². The first-order chi connectivity index (χ1) is 9.13. The first-order valence-corrected chi connectivity index (χ1v) is 7.77. The third-order valence-corrected chi connectivity index (χ3v) is 4.43. The molecule has 0 aromatic heterocycles. The second-order valence-electron chi connectivity index (χ2n) is 4.77. The van der Waals surface area contributed by atoms with Gasteiger partial charge in [0.05, 0.1) is 12.5 Å². The Bertz CT molecular complexity index is 386. The molecular weight excluding hydrogens is 264 g/mol. The van der Waals surface area contributed by atoms with Gasteiger partial charge in [-0.3, -0.25) is 4.79 Å². The van der Waals surface area contributed by atoms with E-state index in [0.29, 0.717) is 25.3 Å². The number of nitrogens with two attached hydrogens (primary N) is 1. The van der Waals surface area contributed by atoms with Crippen molar-refractivity contribution in [2.75, 3.05) is 24.7 Å². The highest BCUT2D eigenvalue weighted by atomic mass is 32.2. The first kappa shape index (κ1) is 14.4. The molecule has 1 heterocycles. The van der Waals surface area contributed by atoms with Crippen molar-refractivity contribution in [3.05, 3.63) is 12.2 Å². The van der Waals surface area contributed by atoms with Crippen LogP contribution in [0.15, 0.2) is 12.2 Å². The van der Waals surface area contributed by atoms with E-state index in [9.17, 15) is 9.59 Å². The monoisotopic (exact) mass is 284 g/mol. The number of hydrogen-bond donors (Lipinski definition) is 1. The molecule has 1 aliphatic heterocycles. The number of ether oxygens (including phenoxy) is 1. The SMILES string of the molecule is CCOC(=O)C1CSCCN1C(=O)C1C=CC(N)C1. The molecule has 1 amide bonds. The van der Waals surface area contributed by atoms with Crippen molar-refractivity contribution in [3.8, 4) is 0 Å². The van der Waals surface area contributed by atoms with Gasteiger partial charge in [0.25, 0.3) is 0 Å². The molecule has 5 nitrogen and oxygen atoms in total. The molecule has 2 N–H and O–H groups in total. The van der Waals surface area contributed by atoms with Crippen molar-refractivity contribution >= 4 is 23.6 Å². The highest BCUT2D eigenvalue weighted by molar-refractivity contribution is 7.99. The molecule has 0 spiro atoms. The lowest BCUT2D eigenvalue weighted by molar-refractivity contribution is -0.154. The third kappa shape index (κ3) is 3.30. The van der Waals surface area contributed by atoms with Crippen molar-refractivity contribution in [3.63, 3.8) is 0 Å². The smallest absolute Gasteiger partial charge is 0.329 e. The van der Waals surface area contributed by atoms with E-state index in [1.165, 1.54) is 0 Å². The standard InChI is InChI=1S/C13H20N2O3S/c1-2-18-13(17)11-8-19-6-5-15(11)12(16)9-3-4-10(14)7-9/h3-4,9-11H,2,5-8,14H2,1H3. The number of carbonyl (C=O) groups excluding carboxylic acids is 2. The molecule has 0 aromatic carbocycles. The van der Waals surface area contributed by atoms with E-state index in [0.717, 1.165) is 5.75 Å². The zero-order valence-corrected chi connectivity index (χ0v) is 11.9. The van der Waals surface area contributed by atoms with Gasteiger partial charge in [0, 0.05) is 24.1 Å². The third-order valence-electron chi connectivity index (χ3n) is 3.40. The summed E-state index contributed by atoms with van der Waals surface area (Å²) in [4.78, 5) is 26.1. The highest BCUT2D eigenvalue weighted by Gasteiger charge is 2.37. The van der Waals surface area contributed by atoms with E-state index < -0.39 is 6.04 Å². The van der Waals surface area contributed by atoms with Crippen LogP contribution in [-0.4, -0.2) is 53.5 Å². The van der Waals surface area contributed by atoms with Crippen LogP contribution < -0.4 is 5.73 Å². The van der Waals surface area contributed by atoms with Gasteiger partial charge in [0.2, 0.25) is 5.91 Å².